The highest BCUT2D eigenvalue weighted by Gasteiger charge is 2.33. The Hall–Kier alpha value is -3.02. The highest BCUT2D eigenvalue weighted by atomic mass is 16.5. The van der Waals surface area contributed by atoms with Crippen molar-refractivity contribution in [3.63, 3.8) is 0 Å². The maximum absolute atomic E-state index is 12.5. The number of benzene rings is 2. The van der Waals surface area contributed by atoms with E-state index in [1.54, 1.807) is 32.1 Å². The zero-order chi connectivity index (χ0) is 19.4. The summed E-state index contributed by atoms with van der Waals surface area (Å²) < 4.78 is 10.6. The van der Waals surface area contributed by atoms with E-state index in [2.05, 4.69) is 5.32 Å². The third kappa shape index (κ3) is 3.89. The molecular formula is C21H24N2O4. The van der Waals surface area contributed by atoms with Crippen LogP contribution in [0.25, 0.3) is 0 Å². The fourth-order valence-electron chi connectivity index (χ4n) is 3.28. The molecule has 6 heteroatoms. The summed E-state index contributed by atoms with van der Waals surface area (Å²) in [5, 5.41) is 2.91. The molecule has 0 bridgehead atoms. The van der Waals surface area contributed by atoms with E-state index < -0.39 is 6.04 Å². The minimum Gasteiger partial charge on any atom is -0.497 e. The van der Waals surface area contributed by atoms with Crippen LogP contribution in [0, 0.1) is 0 Å². The Morgan fingerprint density at radius 1 is 1.19 bits per heavy atom. The van der Waals surface area contributed by atoms with Gasteiger partial charge in [-0.25, -0.2) is 0 Å². The molecule has 0 radical (unpaired) electrons. The molecule has 1 atom stereocenters. The lowest BCUT2D eigenvalue weighted by Gasteiger charge is -2.23. The fourth-order valence-corrected chi connectivity index (χ4v) is 3.28. The molecule has 3 rings (SSSR count). The molecule has 2 aromatic carbocycles. The maximum Gasteiger partial charge on any atom is 0.255 e. The summed E-state index contributed by atoms with van der Waals surface area (Å²) in [7, 11) is 3.22. The van der Waals surface area contributed by atoms with Crippen molar-refractivity contribution in [2.75, 3.05) is 20.8 Å². The molecule has 0 aromatic heterocycles. The minimum absolute atomic E-state index is 0.0947. The van der Waals surface area contributed by atoms with Gasteiger partial charge in [0.1, 0.15) is 17.5 Å². The largest absolute Gasteiger partial charge is 0.497 e. The van der Waals surface area contributed by atoms with Gasteiger partial charge >= 0.3 is 0 Å². The predicted octanol–water partition coefficient (Wildman–Crippen LogP) is 2.41. The molecule has 0 unspecified atom stereocenters. The second-order valence-electron chi connectivity index (χ2n) is 6.48. The number of ether oxygens (including phenoxy) is 2. The Balaban J connectivity index is 1.58. The van der Waals surface area contributed by atoms with Gasteiger partial charge in [-0.3, -0.25) is 9.59 Å². The molecule has 0 aliphatic carbocycles. The Bertz CT molecular complexity index is 850. The van der Waals surface area contributed by atoms with Crippen LogP contribution in [-0.2, 0) is 17.8 Å². The molecule has 1 heterocycles. The van der Waals surface area contributed by atoms with Crippen LogP contribution in [0.2, 0.25) is 0 Å². The van der Waals surface area contributed by atoms with Crippen LogP contribution < -0.4 is 14.8 Å². The van der Waals surface area contributed by atoms with E-state index in [-0.39, 0.29) is 11.8 Å². The second kappa shape index (κ2) is 8.12. The van der Waals surface area contributed by atoms with Crippen LogP contribution in [0.3, 0.4) is 0 Å². The molecule has 0 spiro atoms. The number of fused-ring (bicyclic) bond motifs is 1. The van der Waals surface area contributed by atoms with Gasteiger partial charge in [-0.15, -0.1) is 0 Å². The number of amides is 2. The first-order chi connectivity index (χ1) is 13.0. The molecule has 6 nitrogen and oxygen atoms in total. The van der Waals surface area contributed by atoms with Gasteiger partial charge < -0.3 is 19.7 Å². The van der Waals surface area contributed by atoms with Crippen LogP contribution in [0.5, 0.6) is 11.5 Å². The zero-order valence-corrected chi connectivity index (χ0v) is 15.8. The van der Waals surface area contributed by atoms with Crippen LogP contribution in [0.4, 0.5) is 0 Å². The Kier molecular flexibility index (Phi) is 5.64. The molecule has 2 amide bonds. The topological polar surface area (TPSA) is 67.9 Å². The third-order valence-electron chi connectivity index (χ3n) is 4.88. The third-order valence-corrected chi connectivity index (χ3v) is 4.88. The number of rotatable bonds is 7. The molecule has 27 heavy (non-hydrogen) atoms. The maximum atomic E-state index is 12.5. The van der Waals surface area contributed by atoms with Gasteiger partial charge in [0.25, 0.3) is 5.91 Å². The summed E-state index contributed by atoms with van der Waals surface area (Å²) in [4.78, 5) is 26.6. The normalized spacial score (nSPS) is 13.9. The molecular weight excluding hydrogens is 344 g/mol. The second-order valence-corrected chi connectivity index (χ2v) is 6.48. The average molecular weight is 368 g/mol. The van der Waals surface area contributed by atoms with E-state index in [1.165, 1.54) is 0 Å². The van der Waals surface area contributed by atoms with Gasteiger partial charge in [-0.1, -0.05) is 18.2 Å². The van der Waals surface area contributed by atoms with E-state index in [1.807, 2.05) is 36.4 Å². The van der Waals surface area contributed by atoms with Crippen LogP contribution >= 0.6 is 0 Å². The van der Waals surface area contributed by atoms with Crippen molar-refractivity contribution >= 4 is 11.8 Å². The number of hydrogen-bond acceptors (Lipinski definition) is 4. The molecule has 1 aliphatic heterocycles. The molecule has 0 saturated heterocycles. The molecule has 0 fully saturated rings. The Morgan fingerprint density at radius 3 is 2.67 bits per heavy atom. The lowest BCUT2D eigenvalue weighted by Crippen LogP contribution is -2.45. The number of hydrogen-bond donors (Lipinski definition) is 1. The number of nitrogens with zero attached hydrogens (tertiary/aromatic N) is 1. The molecule has 1 aliphatic rings. The molecule has 1 N–H and O–H groups in total. The summed E-state index contributed by atoms with van der Waals surface area (Å²) in [5.74, 6) is 1.23. The number of methoxy groups -OCH3 is 2. The summed E-state index contributed by atoms with van der Waals surface area (Å²) in [6, 6.07) is 12.5. The van der Waals surface area contributed by atoms with Crippen molar-refractivity contribution in [3.05, 3.63) is 59.2 Å². The van der Waals surface area contributed by atoms with Gasteiger partial charge in [0.05, 0.1) is 14.2 Å². The van der Waals surface area contributed by atoms with Crippen LogP contribution in [0.1, 0.15) is 28.4 Å². The Morgan fingerprint density at radius 2 is 1.96 bits per heavy atom. The van der Waals surface area contributed by atoms with E-state index in [0.717, 1.165) is 22.6 Å². The van der Waals surface area contributed by atoms with Gasteiger partial charge in [0, 0.05) is 18.7 Å². The summed E-state index contributed by atoms with van der Waals surface area (Å²) in [6.45, 7) is 2.67. The summed E-state index contributed by atoms with van der Waals surface area (Å²) in [6.07, 6.45) is 0.604. The van der Waals surface area contributed by atoms with Gasteiger partial charge in [-0.2, -0.15) is 0 Å². The number of nitrogens with one attached hydrogen (secondary N) is 1. The Labute approximate surface area is 159 Å². The number of carbonyl (C=O) groups excluding carboxylic acids is 2. The SMILES string of the molecule is COc1ccc(OC)c(CCNC(=O)[C@H](C)N2Cc3ccccc3C2=O)c1. The zero-order valence-electron chi connectivity index (χ0n) is 15.8. The smallest absolute Gasteiger partial charge is 0.255 e. The van der Waals surface area contributed by atoms with Crippen molar-refractivity contribution < 1.29 is 19.1 Å². The van der Waals surface area contributed by atoms with Gasteiger partial charge in [-0.05, 0) is 48.7 Å². The van der Waals surface area contributed by atoms with E-state index in [0.29, 0.717) is 25.1 Å². The molecule has 0 saturated carbocycles. The van der Waals surface area contributed by atoms with Gasteiger partial charge in [0.2, 0.25) is 5.91 Å². The summed E-state index contributed by atoms with van der Waals surface area (Å²) in [5.41, 5.74) is 2.59. The molecule has 142 valence electrons. The van der Waals surface area contributed by atoms with Crippen molar-refractivity contribution in [3.8, 4) is 11.5 Å². The van der Waals surface area contributed by atoms with Gasteiger partial charge in [0.15, 0.2) is 0 Å². The monoisotopic (exact) mass is 368 g/mol. The predicted molar refractivity (Wildman–Crippen MR) is 102 cm³/mol. The molecule has 2 aromatic rings. The summed E-state index contributed by atoms with van der Waals surface area (Å²) >= 11 is 0. The quantitative estimate of drug-likeness (QED) is 0.815. The highest BCUT2D eigenvalue weighted by molar-refractivity contribution is 6.01. The van der Waals surface area contributed by atoms with Crippen molar-refractivity contribution in [2.45, 2.75) is 25.9 Å². The van der Waals surface area contributed by atoms with Crippen LogP contribution in [0.15, 0.2) is 42.5 Å². The highest BCUT2D eigenvalue weighted by Crippen LogP contribution is 2.25. The average Bonchev–Trinajstić information content (AvgIpc) is 3.04. The van der Waals surface area contributed by atoms with E-state index >= 15 is 0 Å². The lowest BCUT2D eigenvalue weighted by atomic mass is 10.1. The standard InChI is InChI=1S/C21H24N2O4/c1-14(23-13-16-6-4-5-7-18(16)21(23)25)20(24)22-11-10-15-12-17(26-2)8-9-19(15)27-3/h4-9,12,14H,10-11,13H2,1-3H3,(H,22,24)/t14-/m0/s1. The van der Waals surface area contributed by atoms with Crippen LogP contribution in [-0.4, -0.2) is 43.5 Å². The first-order valence-electron chi connectivity index (χ1n) is 8.92. The lowest BCUT2D eigenvalue weighted by molar-refractivity contribution is -0.125. The number of carbonyl (C=O) groups is 2. The van der Waals surface area contributed by atoms with Crippen molar-refractivity contribution in [1.29, 1.82) is 0 Å². The minimum atomic E-state index is -0.530. The fraction of sp³-hybridized carbons (Fsp3) is 0.333. The van der Waals surface area contributed by atoms with E-state index in [4.69, 9.17) is 9.47 Å². The van der Waals surface area contributed by atoms with E-state index in [9.17, 15) is 9.59 Å². The first kappa shape index (κ1) is 18.8. The van der Waals surface area contributed by atoms with Crippen molar-refractivity contribution in [1.82, 2.24) is 10.2 Å². The van der Waals surface area contributed by atoms with Crippen molar-refractivity contribution in [2.24, 2.45) is 0 Å². The first-order valence-corrected chi connectivity index (χ1v) is 8.92.